The van der Waals surface area contributed by atoms with Gasteiger partial charge in [-0.25, -0.2) is 0 Å². The van der Waals surface area contributed by atoms with Crippen molar-refractivity contribution in [2.75, 3.05) is 14.1 Å². The molecule has 1 amide bonds. The molecular formula is C19H19BrN4O2. The summed E-state index contributed by atoms with van der Waals surface area (Å²) in [6, 6.07) is 15.3. The first-order valence-corrected chi connectivity index (χ1v) is 8.92. The van der Waals surface area contributed by atoms with Crippen molar-refractivity contribution >= 4 is 21.8 Å². The van der Waals surface area contributed by atoms with Crippen LogP contribution in [0.5, 0.6) is 0 Å². The zero-order chi connectivity index (χ0) is 18.5. The molecule has 0 aliphatic carbocycles. The Bertz CT molecular complexity index is 893. The maximum atomic E-state index is 11.6. The highest BCUT2D eigenvalue weighted by Gasteiger charge is 2.12. The largest absolute Gasteiger partial charge is 0.355 e. The smallest absolute Gasteiger partial charge is 0.251 e. The summed E-state index contributed by atoms with van der Waals surface area (Å²) in [5, 5.41) is 6.66. The van der Waals surface area contributed by atoms with Crippen LogP contribution >= 0.6 is 15.9 Å². The van der Waals surface area contributed by atoms with E-state index in [1.165, 1.54) is 0 Å². The van der Waals surface area contributed by atoms with Gasteiger partial charge in [0.2, 0.25) is 11.7 Å². The lowest BCUT2D eigenvalue weighted by Gasteiger charge is -2.14. The number of benzene rings is 2. The summed E-state index contributed by atoms with van der Waals surface area (Å²) in [5.74, 6) is 1.05. The van der Waals surface area contributed by atoms with Crippen LogP contribution in [0.4, 0.5) is 0 Å². The summed E-state index contributed by atoms with van der Waals surface area (Å²) in [6.45, 7) is 1.25. The molecule has 0 atom stereocenters. The molecule has 1 heterocycles. The molecule has 26 heavy (non-hydrogen) atoms. The van der Waals surface area contributed by atoms with Crippen LogP contribution in [0.1, 0.15) is 21.8 Å². The van der Waals surface area contributed by atoms with Gasteiger partial charge in [-0.15, -0.1) is 0 Å². The molecule has 0 saturated heterocycles. The zero-order valence-electron chi connectivity index (χ0n) is 14.6. The Kier molecular flexibility index (Phi) is 5.80. The summed E-state index contributed by atoms with van der Waals surface area (Å²) in [6.07, 6.45) is 0. The monoisotopic (exact) mass is 414 g/mol. The normalized spacial score (nSPS) is 10.9. The predicted octanol–water partition coefficient (Wildman–Crippen LogP) is 3.49. The molecular weight excluding hydrogens is 396 g/mol. The van der Waals surface area contributed by atoms with Crippen molar-refractivity contribution in [1.82, 2.24) is 20.4 Å². The number of rotatable bonds is 6. The topological polar surface area (TPSA) is 71.3 Å². The van der Waals surface area contributed by atoms with Crippen LogP contribution in [0.25, 0.3) is 11.4 Å². The van der Waals surface area contributed by atoms with Gasteiger partial charge in [-0.1, -0.05) is 45.4 Å². The average Bonchev–Trinajstić information content (AvgIpc) is 3.10. The molecule has 6 nitrogen and oxygen atoms in total. The molecule has 0 radical (unpaired) electrons. The standard InChI is InChI=1S/C19H19BrN4O2/c1-21-19(25)14-8-6-13(7-9-14)11-24(2)12-17-22-18(23-26-17)15-4-3-5-16(20)10-15/h3-10H,11-12H2,1-2H3,(H,21,25). The van der Waals surface area contributed by atoms with Crippen LogP contribution in [0.15, 0.2) is 57.5 Å². The Morgan fingerprint density at radius 1 is 1.19 bits per heavy atom. The van der Waals surface area contributed by atoms with Crippen LogP contribution in [0, 0.1) is 0 Å². The lowest BCUT2D eigenvalue weighted by molar-refractivity contribution is 0.0963. The third-order valence-corrected chi connectivity index (χ3v) is 4.35. The number of nitrogens with one attached hydrogen (secondary N) is 1. The van der Waals surface area contributed by atoms with E-state index in [9.17, 15) is 4.79 Å². The second-order valence-corrected chi connectivity index (χ2v) is 6.89. The van der Waals surface area contributed by atoms with Crippen molar-refractivity contribution in [3.8, 4) is 11.4 Å². The van der Waals surface area contributed by atoms with Crippen molar-refractivity contribution < 1.29 is 9.32 Å². The van der Waals surface area contributed by atoms with Crippen LogP contribution < -0.4 is 5.32 Å². The van der Waals surface area contributed by atoms with Gasteiger partial charge >= 0.3 is 0 Å². The number of carbonyl (C=O) groups excluding carboxylic acids is 1. The van der Waals surface area contributed by atoms with Crippen molar-refractivity contribution in [3.05, 3.63) is 70.0 Å². The number of hydrogen-bond acceptors (Lipinski definition) is 5. The van der Waals surface area contributed by atoms with E-state index in [0.29, 0.717) is 30.4 Å². The predicted molar refractivity (Wildman–Crippen MR) is 102 cm³/mol. The maximum absolute atomic E-state index is 11.6. The molecule has 1 N–H and O–H groups in total. The molecule has 0 spiro atoms. The van der Waals surface area contributed by atoms with E-state index in [-0.39, 0.29) is 5.91 Å². The Morgan fingerprint density at radius 2 is 1.96 bits per heavy atom. The van der Waals surface area contributed by atoms with Gasteiger partial charge in [0, 0.05) is 29.2 Å². The SMILES string of the molecule is CNC(=O)c1ccc(CN(C)Cc2nc(-c3cccc(Br)c3)no2)cc1. The number of halogens is 1. The minimum absolute atomic E-state index is 0.0872. The highest BCUT2D eigenvalue weighted by atomic mass is 79.9. The summed E-state index contributed by atoms with van der Waals surface area (Å²) in [5.41, 5.74) is 2.66. The van der Waals surface area contributed by atoms with Crippen molar-refractivity contribution in [2.45, 2.75) is 13.1 Å². The van der Waals surface area contributed by atoms with Gasteiger partial charge < -0.3 is 9.84 Å². The van der Waals surface area contributed by atoms with Gasteiger partial charge in [0.05, 0.1) is 6.54 Å². The van der Waals surface area contributed by atoms with Gasteiger partial charge in [0.1, 0.15) is 0 Å². The fourth-order valence-corrected chi connectivity index (χ4v) is 2.97. The minimum atomic E-state index is -0.0872. The van der Waals surface area contributed by atoms with Gasteiger partial charge in [0.15, 0.2) is 0 Å². The molecule has 7 heteroatoms. The number of carbonyl (C=O) groups is 1. The molecule has 0 aliphatic heterocycles. The zero-order valence-corrected chi connectivity index (χ0v) is 16.2. The Morgan fingerprint density at radius 3 is 2.65 bits per heavy atom. The van der Waals surface area contributed by atoms with E-state index in [4.69, 9.17) is 4.52 Å². The van der Waals surface area contributed by atoms with Gasteiger partial charge in [-0.2, -0.15) is 4.98 Å². The summed E-state index contributed by atoms with van der Waals surface area (Å²) in [4.78, 5) is 18.1. The van der Waals surface area contributed by atoms with E-state index in [1.807, 2.05) is 55.6 Å². The second-order valence-electron chi connectivity index (χ2n) is 5.97. The quantitative estimate of drug-likeness (QED) is 0.668. The van der Waals surface area contributed by atoms with Gasteiger partial charge in [0.25, 0.3) is 5.91 Å². The van der Waals surface area contributed by atoms with Crippen LogP contribution in [0.3, 0.4) is 0 Å². The van der Waals surface area contributed by atoms with Crippen LogP contribution in [-0.2, 0) is 13.1 Å². The molecule has 3 aromatic rings. The summed E-state index contributed by atoms with van der Waals surface area (Å²) in [7, 11) is 3.60. The van der Waals surface area contributed by atoms with E-state index in [2.05, 4.69) is 36.3 Å². The first kappa shape index (κ1) is 18.3. The fourth-order valence-electron chi connectivity index (χ4n) is 2.57. The molecule has 134 valence electrons. The Balaban J connectivity index is 1.62. The average molecular weight is 415 g/mol. The third-order valence-electron chi connectivity index (χ3n) is 3.85. The lowest BCUT2D eigenvalue weighted by atomic mass is 10.1. The highest BCUT2D eigenvalue weighted by molar-refractivity contribution is 9.10. The van der Waals surface area contributed by atoms with Gasteiger partial charge in [-0.3, -0.25) is 9.69 Å². The molecule has 1 aromatic heterocycles. The number of nitrogens with zero attached hydrogens (tertiary/aromatic N) is 3. The van der Waals surface area contributed by atoms with Gasteiger partial charge in [-0.05, 0) is 36.9 Å². The number of aromatic nitrogens is 2. The summed E-state index contributed by atoms with van der Waals surface area (Å²) < 4.78 is 6.33. The highest BCUT2D eigenvalue weighted by Crippen LogP contribution is 2.20. The molecule has 0 saturated carbocycles. The molecule has 0 aliphatic rings. The van der Waals surface area contributed by atoms with E-state index in [0.717, 1.165) is 15.6 Å². The second kappa shape index (κ2) is 8.25. The minimum Gasteiger partial charge on any atom is -0.355 e. The Hall–Kier alpha value is -2.51. The molecule has 0 unspecified atom stereocenters. The third kappa shape index (κ3) is 4.56. The summed E-state index contributed by atoms with van der Waals surface area (Å²) >= 11 is 3.44. The lowest BCUT2D eigenvalue weighted by Crippen LogP contribution is -2.19. The first-order chi connectivity index (χ1) is 12.5. The maximum Gasteiger partial charge on any atom is 0.251 e. The molecule has 3 rings (SSSR count). The fraction of sp³-hybridized carbons (Fsp3) is 0.211. The van der Waals surface area contributed by atoms with E-state index >= 15 is 0 Å². The van der Waals surface area contributed by atoms with Crippen molar-refractivity contribution in [3.63, 3.8) is 0 Å². The van der Waals surface area contributed by atoms with E-state index < -0.39 is 0 Å². The number of amides is 1. The molecule has 0 fully saturated rings. The van der Waals surface area contributed by atoms with E-state index in [1.54, 1.807) is 7.05 Å². The molecule has 0 bridgehead atoms. The van der Waals surface area contributed by atoms with Crippen LogP contribution in [-0.4, -0.2) is 35.0 Å². The Labute approximate surface area is 160 Å². The van der Waals surface area contributed by atoms with Crippen molar-refractivity contribution in [2.24, 2.45) is 0 Å². The van der Waals surface area contributed by atoms with Crippen molar-refractivity contribution in [1.29, 1.82) is 0 Å². The number of hydrogen-bond donors (Lipinski definition) is 1. The molecule has 2 aromatic carbocycles. The van der Waals surface area contributed by atoms with Crippen LogP contribution in [0.2, 0.25) is 0 Å². The first-order valence-electron chi connectivity index (χ1n) is 8.13.